The lowest BCUT2D eigenvalue weighted by Gasteiger charge is -2.32. The van der Waals surface area contributed by atoms with Gasteiger partial charge in [-0.1, -0.05) is 35.9 Å². The van der Waals surface area contributed by atoms with Crippen molar-refractivity contribution in [3.05, 3.63) is 83.9 Å². The van der Waals surface area contributed by atoms with Crippen molar-refractivity contribution < 1.29 is 27.5 Å². The highest BCUT2D eigenvalue weighted by Crippen LogP contribution is 2.28. The summed E-state index contributed by atoms with van der Waals surface area (Å²) in [7, 11) is -1.12. The van der Waals surface area contributed by atoms with Crippen LogP contribution in [0, 0.1) is 6.92 Å². The number of aryl methyl sites for hydroxylation is 1. The Morgan fingerprint density at radius 2 is 1.50 bits per heavy atom. The molecule has 1 atom stereocenters. The van der Waals surface area contributed by atoms with Crippen molar-refractivity contribution in [3.63, 3.8) is 0 Å². The number of ether oxygens (including phenoxy) is 2. The molecule has 0 aliphatic heterocycles. The lowest BCUT2D eigenvalue weighted by molar-refractivity contribution is -0.139. The second-order valence-corrected chi connectivity index (χ2v) is 11.6. The fourth-order valence-corrected chi connectivity index (χ4v) is 5.45. The number of methoxy groups -OCH3 is 2. The Kier molecular flexibility index (Phi) is 10.2. The first-order valence-corrected chi connectivity index (χ1v) is 14.4. The van der Waals surface area contributed by atoms with Gasteiger partial charge in [0.15, 0.2) is 0 Å². The molecule has 0 aromatic heterocycles. The fourth-order valence-electron chi connectivity index (χ4n) is 4.05. The Hall–Kier alpha value is -4.05. The largest absolute Gasteiger partial charge is 0.497 e. The predicted molar refractivity (Wildman–Crippen MR) is 155 cm³/mol. The second-order valence-electron chi connectivity index (χ2n) is 9.74. The minimum absolute atomic E-state index is 0.0426. The van der Waals surface area contributed by atoms with E-state index in [0.29, 0.717) is 11.5 Å². The van der Waals surface area contributed by atoms with Crippen molar-refractivity contribution in [1.29, 1.82) is 0 Å². The van der Waals surface area contributed by atoms with Crippen LogP contribution in [0.2, 0.25) is 0 Å². The van der Waals surface area contributed by atoms with E-state index in [1.807, 2.05) is 20.8 Å². The van der Waals surface area contributed by atoms with Crippen molar-refractivity contribution in [2.75, 3.05) is 25.1 Å². The van der Waals surface area contributed by atoms with Gasteiger partial charge in [-0.25, -0.2) is 8.42 Å². The fraction of sp³-hybridized carbons (Fsp3) is 0.333. The van der Waals surface area contributed by atoms with Crippen LogP contribution < -0.4 is 19.1 Å². The number of sulfonamides is 1. The third-order valence-corrected chi connectivity index (χ3v) is 8.13. The monoisotopic (exact) mass is 567 g/mol. The highest BCUT2D eigenvalue weighted by molar-refractivity contribution is 7.92. The maximum Gasteiger partial charge on any atom is 0.264 e. The lowest BCUT2D eigenvalue weighted by atomic mass is 10.1. The van der Waals surface area contributed by atoms with Crippen LogP contribution in [0.5, 0.6) is 11.5 Å². The van der Waals surface area contributed by atoms with Crippen molar-refractivity contribution in [3.8, 4) is 11.5 Å². The third-order valence-electron chi connectivity index (χ3n) is 6.34. The van der Waals surface area contributed by atoms with Crippen molar-refractivity contribution in [1.82, 2.24) is 10.2 Å². The molecule has 0 bridgehead atoms. The molecular weight excluding hydrogens is 530 g/mol. The molecule has 0 radical (unpaired) electrons. The quantitative estimate of drug-likeness (QED) is 0.353. The van der Waals surface area contributed by atoms with Crippen LogP contribution in [0.3, 0.4) is 0 Å². The van der Waals surface area contributed by atoms with Gasteiger partial charge in [-0.3, -0.25) is 13.9 Å². The first kappa shape index (κ1) is 30.5. The van der Waals surface area contributed by atoms with Gasteiger partial charge in [0.05, 0.1) is 24.8 Å². The van der Waals surface area contributed by atoms with Gasteiger partial charge in [-0.2, -0.15) is 0 Å². The number of carbonyl (C=O) groups excluding carboxylic acids is 2. The molecule has 9 nitrogen and oxygen atoms in total. The summed E-state index contributed by atoms with van der Waals surface area (Å²) in [5, 5.41) is 2.84. The van der Waals surface area contributed by atoms with Gasteiger partial charge in [0, 0.05) is 18.7 Å². The smallest absolute Gasteiger partial charge is 0.264 e. The maximum absolute atomic E-state index is 14.0. The SMILES string of the molecule is COc1ccc(CN(C(=O)CN(c2cccc(OC)c2)S(=O)(=O)c2ccc(C)cc2)[C@@H](C)C(=O)NC(C)C)cc1. The Labute approximate surface area is 236 Å². The average molecular weight is 568 g/mol. The number of anilines is 1. The molecule has 0 saturated carbocycles. The molecule has 40 heavy (non-hydrogen) atoms. The number of benzene rings is 3. The minimum atomic E-state index is -4.16. The molecule has 2 amide bonds. The first-order chi connectivity index (χ1) is 19.0. The molecule has 0 aliphatic carbocycles. The van der Waals surface area contributed by atoms with Crippen LogP contribution in [0.1, 0.15) is 31.9 Å². The topological polar surface area (TPSA) is 105 Å². The number of hydrogen-bond acceptors (Lipinski definition) is 6. The standard InChI is InChI=1S/C30H37N3O6S/c1-21(2)31-30(35)23(4)32(19-24-12-14-26(38-5)15-13-24)29(34)20-33(25-8-7-9-27(18-25)39-6)40(36,37)28-16-10-22(3)11-17-28/h7-18,21,23H,19-20H2,1-6H3,(H,31,35)/t23-/m0/s1. The van der Waals surface area contributed by atoms with Gasteiger partial charge in [-0.05, 0) is 69.7 Å². The normalized spacial score (nSPS) is 12.0. The summed E-state index contributed by atoms with van der Waals surface area (Å²) in [6, 6.07) is 19.1. The van der Waals surface area contributed by atoms with Crippen LogP contribution in [-0.2, 0) is 26.2 Å². The molecule has 1 N–H and O–H groups in total. The maximum atomic E-state index is 14.0. The van der Waals surface area contributed by atoms with E-state index in [-0.39, 0.29) is 29.1 Å². The first-order valence-electron chi connectivity index (χ1n) is 12.9. The molecule has 0 saturated heterocycles. The zero-order chi connectivity index (χ0) is 29.4. The molecule has 0 spiro atoms. The Morgan fingerprint density at radius 3 is 2.08 bits per heavy atom. The molecule has 0 aliphatic rings. The number of nitrogens with zero attached hydrogens (tertiary/aromatic N) is 2. The number of rotatable bonds is 12. The van der Waals surface area contributed by atoms with Crippen LogP contribution >= 0.6 is 0 Å². The highest BCUT2D eigenvalue weighted by atomic mass is 32.2. The number of nitrogens with one attached hydrogen (secondary N) is 1. The third kappa shape index (κ3) is 7.53. The summed E-state index contributed by atoms with van der Waals surface area (Å²) >= 11 is 0. The van der Waals surface area contributed by atoms with Gasteiger partial charge in [0.2, 0.25) is 11.8 Å². The Morgan fingerprint density at radius 1 is 0.875 bits per heavy atom. The highest BCUT2D eigenvalue weighted by Gasteiger charge is 2.32. The summed E-state index contributed by atoms with van der Waals surface area (Å²) in [4.78, 5) is 28.4. The molecule has 3 aromatic carbocycles. The molecule has 3 aromatic rings. The Bertz CT molecular complexity index is 1410. The predicted octanol–water partition coefficient (Wildman–Crippen LogP) is 4.15. The minimum Gasteiger partial charge on any atom is -0.497 e. The summed E-state index contributed by atoms with van der Waals surface area (Å²) < 4.78 is 39.4. The zero-order valence-corrected chi connectivity index (χ0v) is 24.6. The van der Waals surface area contributed by atoms with Gasteiger partial charge >= 0.3 is 0 Å². The number of hydrogen-bond donors (Lipinski definition) is 1. The van der Waals surface area contributed by atoms with Gasteiger partial charge in [-0.15, -0.1) is 0 Å². The van der Waals surface area contributed by atoms with Gasteiger partial charge in [0.1, 0.15) is 24.1 Å². The van der Waals surface area contributed by atoms with Crippen LogP contribution in [0.15, 0.2) is 77.7 Å². The average Bonchev–Trinajstić information content (AvgIpc) is 2.94. The van der Waals surface area contributed by atoms with E-state index in [1.54, 1.807) is 74.7 Å². The molecule has 0 unspecified atom stereocenters. The van der Waals surface area contributed by atoms with E-state index in [2.05, 4.69) is 5.32 Å². The summed E-state index contributed by atoms with van der Waals surface area (Å²) in [5.74, 6) is 0.210. The van der Waals surface area contributed by atoms with E-state index in [9.17, 15) is 18.0 Å². The van der Waals surface area contributed by atoms with Crippen molar-refractivity contribution in [2.45, 2.75) is 51.2 Å². The lowest BCUT2D eigenvalue weighted by Crippen LogP contribution is -2.52. The molecule has 3 rings (SSSR count). The molecule has 0 heterocycles. The van der Waals surface area contributed by atoms with Crippen LogP contribution in [-0.4, -0.2) is 58.0 Å². The van der Waals surface area contributed by atoms with Crippen molar-refractivity contribution in [2.24, 2.45) is 0 Å². The Balaban J connectivity index is 2.04. The second kappa shape index (κ2) is 13.3. The number of carbonyl (C=O) groups is 2. The van der Waals surface area contributed by atoms with Crippen LogP contribution in [0.4, 0.5) is 5.69 Å². The zero-order valence-electron chi connectivity index (χ0n) is 23.7. The molecule has 0 fully saturated rings. The molecular formula is C30H37N3O6S. The van der Waals surface area contributed by atoms with E-state index in [1.165, 1.54) is 24.1 Å². The summed E-state index contributed by atoms with van der Waals surface area (Å²) in [6.45, 7) is 6.71. The number of amides is 2. The van der Waals surface area contributed by atoms with E-state index >= 15 is 0 Å². The molecule has 214 valence electrons. The van der Waals surface area contributed by atoms with E-state index in [4.69, 9.17) is 9.47 Å². The summed E-state index contributed by atoms with van der Waals surface area (Å²) in [6.07, 6.45) is 0. The summed E-state index contributed by atoms with van der Waals surface area (Å²) in [5.41, 5.74) is 1.92. The molecule has 10 heteroatoms. The van der Waals surface area contributed by atoms with Gasteiger partial charge < -0.3 is 19.7 Å². The van der Waals surface area contributed by atoms with E-state index < -0.39 is 28.5 Å². The van der Waals surface area contributed by atoms with Crippen molar-refractivity contribution >= 4 is 27.5 Å². The van der Waals surface area contributed by atoms with Crippen LogP contribution in [0.25, 0.3) is 0 Å². The van der Waals surface area contributed by atoms with Gasteiger partial charge in [0.25, 0.3) is 10.0 Å². The van der Waals surface area contributed by atoms with E-state index in [0.717, 1.165) is 15.4 Å².